The van der Waals surface area contributed by atoms with Gasteiger partial charge in [-0.15, -0.1) is 0 Å². The molecule has 3 rings (SSSR count). The van der Waals surface area contributed by atoms with Crippen molar-refractivity contribution in [2.45, 2.75) is 32.2 Å². The van der Waals surface area contributed by atoms with E-state index in [-0.39, 0.29) is 5.91 Å². The molecule has 0 saturated carbocycles. The van der Waals surface area contributed by atoms with Crippen LogP contribution in [0.2, 0.25) is 0 Å². The Balaban J connectivity index is 1.91. The van der Waals surface area contributed by atoms with Crippen molar-refractivity contribution >= 4 is 38.9 Å². The molecule has 1 saturated heterocycles. The zero-order valence-electron chi connectivity index (χ0n) is 13.8. The minimum absolute atomic E-state index is 0.140. The lowest BCUT2D eigenvalue weighted by Crippen LogP contribution is -2.38. The van der Waals surface area contributed by atoms with Crippen molar-refractivity contribution in [3.05, 3.63) is 52.5 Å². The molecule has 2 aromatic carbocycles. The summed E-state index contributed by atoms with van der Waals surface area (Å²) in [6.45, 7) is 3.23. The number of hydrogen-bond acceptors (Lipinski definition) is 3. The summed E-state index contributed by atoms with van der Waals surface area (Å²) in [4.78, 5) is 15.0. The minimum atomic E-state index is -0.140. The van der Waals surface area contributed by atoms with Gasteiger partial charge in [-0.25, -0.2) is 0 Å². The van der Waals surface area contributed by atoms with E-state index in [9.17, 15) is 4.79 Å². The Labute approximate surface area is 151 Å². The van der Waals surface area contributed by atoms with Crippen LogP contribution < -0.4 is 16.0 Å². The van der Waals surface area contributed by atoms with Gasteiger partial charge >= 0.3 is 0 Å². The highest BCUT2D eigenvalue weighted by atomic mass is 79.9. The van der Waals surface area contributed by atoms with Gasteiger partial charge in [0.2, 0.25) is 0 Å². The lowest BCUT2D eigenvalue weighted by atomic mass is 10.0. The predicted molar refractivity (Wildman–Crippen MR) is 104 cm³/mol. The van der Waals surface area contributed by atoms with Crippen LogP contribution in [0, 0.1) is 0 Å². The van der Waals surface area contributed by atoms with Gasteiger partial charge in [0.1, 0.15) is 0 Å². The fraction of sp³-hybridized carbons (Fsp3) is 0.316. The van der Waals surface area contributed by atoms with Gasteiger partial charge in [0.25, 0.3) is 5.91 Å². The molecule has 0 bridgehead atoms. The zero-order valence-corrected chi connectivity index (χ0v) is 15.3. The molecule has 1 heterocycles. The number of hydrogen-bond donors (Lipinski definition) is 2. The van der Waals surface area contributed by atoms with Gasteiger partial charge in [0.05, 0.1) is 16.9 Å². The van der Waals surface area contributed by atoms with Crippen LogP contribution in [-0.2, 0) is 0 Å². The van der Waals surface area contributed by atoms with Crippen molar-refractivity contribution in [1.29, 1.82) is 0 Å². The number of nitrogens with zero attached hydrogens (tertiary/aromatic N) is 1. The number of rotatable bonds is 3. The van der Waals surface area contributed by atoms with Crippen LogP contribution in [-0.4, -0.2) is 18.5 Å². The number of amides is 1. The lowest BCUT2D eigenvalue weighted by Gasteiger charge is -2.36. The monoisotopic (exact) mass is 387 g/mol. The number of piperidine rings is 1. The highest BCUT2D eigenvalue weighted by Crippen LogP contribution is 2.33. The first-order chi connectivity index (χ1) is 11.6. The fourth-order valence-corrected chi connectivity index (χ4v) is 3.66. The molecule has 0 unspecified atom stereocenters. The first-order valence-electron chi connectivity index (χ1n) is 8.28. The molecule has 3 N–H and O–H groups in total. The molecule has 1 fully saturated rings. The van der Waals surface area contributed by atoms with E-state index in [0.29, 0.717) is 17.3 Å². The second-order valence-electron chi connectivity index (χ2n) is 6.25. The molecule has 1 amide bonds. The van der Waals surface area contributed by atoms with E-state index in [1.807, 2.05) is 36.4 Å². The van der Waals surface area contributed by atoms with Crippen molar-refractivity contribution in [3.63, 3.8) is 0 Å². The maximum Gasteiger partial charge on any atom is 0.256 e. The molecule has 4 nitrogen and oxygen atoms in total. The Kier molecular flexibility index (Phi) is 5.09. The first kappa shape index (κ1) is 16.8. The summed E-state index contributed by atoms with van der Waals surface area (Å²) in [7, 11) is 0. The van der Waals surface area contributed by atoms with Gasteiger partial charge in [-0.1, -0.05) is 12.1 Å². The molecular formula is C19H22BrN3O. The molecule has 0 spiro atoms. The Morgan fingerprint density at radius 3 is 2.79 bits per heavy atom. The summed E-state index contributed by atoms with van der Waals surface area (Å²) in [6, 6.07) is 13.6. The van der Waals surface area contributed by atoms with E-state index in [1.165, 1.54) is 19.3 Å². The summed E-state index contributed by atoms with van der Waals surface area (Å²) in [6.07, 6.45) is 3.60. The number of nitrogen functional groups attached to an aromatic ring is 1. The Morgan fingerprint density at radius 1 is 1.25 bits per heavy atom. The molecule has 0 aliphatic carbocycles. The van der Waals surface area contributed by atoms with Crippen LogP contribution in [0.25, 0.3) is 0 Å². The molecule has 0 aromatic heterocycles. The van der Waals surface area contributed by atoms with Crippen LogP contribution in [0.5, 0.6) is 0 Å². The van der Waals surface area contributed by atoms with Crippen LogP contribution in [0.4, 0.5) is 17.1 Å². The number of halogens is 1. The van der Waals surface area contributed by atoms with Gasteiger partial charge in [0, 0.05) is 22.7 Å². The van der Waals surface area contributed by atoms with Gasteiger partial charge in [-0.3, -0.25) is 4.79 Å². The molecule has 126 valence electrons. The Morgan fingerprint density at radius 2 is 2.04 bits per heavy atom. The topological polar surface area (TPSA) is 58.4 Å². The summed E-state index contributed by atoms with van der Waals surface area (Å²) in [5.41, 5.74) is 9.02. The number of anilines is 3. The quantitative estimate of drug-likeness (QED) is 0.752. The fourth-order valence-electron chi connectivity index (χ4n) is 3.20. The van der Waals surface area contributed by atoms with E-state index in [2.05, 4.69) is 33.1 Å². The van der Waals surface area contributed by atoms with Gasteiger partial charge < -0.3 is 16.0 Å². The second-order valence-corrected chi connectivity index (χ2v) is 7.10. The first-order valence-corrected chi connectivity index (χ1v) is 9.07. The minimum Gasteiger partial charge on any atom is -0.399 e. The Hall–Kier alpha value is -2.01. The maximum absolute atomic E-state index is 12.7. The molecule has 1 atom stereocenters. The molecule has 2 aromatic rings. The summed E-state index contributed by atoms with van der Waals surface area (Å²) in [5, 5.41) is 3.04. The summed E-state index contributed by atoms with van der Waals surface area (Å²) >= 11 is 3.43. The maximum atomic E-state index is 12.7. The number of carbonyl (C=O) groups excluding carboxylic acids is 1. The van der Waals surface area contributed by atoms with E-state index in [1.54, 1.807) is 6.07 Å². The average Bonchev–Trinajstić information content (AvgIpc) is 2.56. The third-order valence-corrected chi connectivity index (χ3v) is 5.19. The third-order valence-electron chi connectivity index (χ3n) is 4.50. The van der Waals surface area contributed by atoms with Crippen LogP contribution >= 0.6 is 15.9 Å². The highest BCUT2D eigenvalue weighted by molar-refractivity contribution is 9.10. The van der Waals surface area contributed by atoms with Gasteiger partial charge in [-0.05, 0) is 72.4 Å². The van der Waals surface area contributed by atoms with Crippen molar-refractivity contribution in [1.82, 2.24) is 0 Å². The smallest absolute Gasteiger partial charge is 0.256 e. The molecule has 5 heteroatoms. The van der Waals surface area contributed by atoms with Crippen molar-refractivity contribution in [3.8, 4) is 0 Å². The molecule has 1 aliphatic rings. The van der Waals surface area contributed by atoms with Crippen LogP contribution in [0.1, 0.15) is 36.5 Å². The van der Waals surface area contributed by atoms with Crippen LogP contribution in [0.3, 0.4) is 0 Å². The second kappa shape index (κ2) is 7.26. The predicted octanol–water partition coefficient (Wildman–Crippen LogP) is 4.66. The summed E-state index contributed by atoms with van der Waals surface area (Å²) < 4.78 is 0.777. The number of carbonyl (C=O) groups is 1. The third kappa shape index (κ3) is 3.56. The van der Waals surface area contributed by atoms with E-state index in [0.717, 1.165) is 22.4 Å². The molecule has 0 radical (unpaired) electrons. The standard InChI is InChI=1S/C19H22BrN3O/c1-13-6-4-5-11-23(13)18-10-9-14(21)12-17(18)22-19(24)15-7-2-3-8-16(15)20/h2-3,7-10,12-13H,4-6,11,21H2,1H3,(H,22,24)/t13-/m1/s1. The normalized spacial score (nSPS) is 17.6. The molecule has 24 heavy (non-hydrogen) atoms. The zero-order chi connectivity index (χ0) is 17.1. The largest absolute Gasteiger partial charge is 0.399 e. The molecule has 1 aliphatic heterocycles. The Bertz CT molecular complexity index is 747. The SMILES string of the molecule is C[C@@H]1CCCCN1c1ccc(N)cc1NC(=O)c1ccccc1Br. The van der Waals surface area contributed by atoms with Crippen molar-refractivity contribution in [2.75, 3.05) is 22.5 Å². The van der Waals surface area contributed by atoms with E-state index >= 15 is 0 Å². The summed E-state index contributed by atoms with van der Waals surface area (Å²) in [5.74, 6) is -0.140. The lowest BCUT2D eigenvalue weighted by molar-refractivity contribution is 0.102. The average molecular weight is 388 g/mol. The number of nitrogens with one attached hydrogen (secondary N) is 1. The van der Waals surface area contributed by atoms with E-state index in [4.69, 9.17) is 5.73 Å². The van der Waals surface area contributed by atoms with Gasteiger partial charge in [-0.2, -0.15) is 0 Å². The number of benzene rings is 2. The van der Waals surface area contributed by atoms with Crippen molar-refractivity contribution < 1.29 is 4.79 Å². The van der Waals surface area contributed by atoms with Gasteiger partial charge in [0.15, 0.2) is 0 Å². The van der Waals surface area contributed by atoms with Crippen molar-refractivity contribution in [2.24, 2.45) is 0 Å². The van der Waals surface area contributed by atoms with Crippen LogP contribution in [0.15, 0.2) is 46.9 Å². The van der Waals surface area contributed by atoms with E-state index < -0.39 is 0 Å². The molecular weight excluding hydrogens is 366 g/mol. The number of nitrogens with two attached hydrogens (primary N) is 1. The highest BCUT2D eigenvalue weighted by Gasteiger charge is 2.22.